The molecule has 0 radical (unpaired) electrons. The van der Waals surface area contributed by atoms with Gasteiger partial charge in [0.2, 0.25) is 5.91 Å². The summed E-state index contributed by atoms with van der Waals surface area (Å²) >= 11 is 6.29. The maximum atomic E-state index is 13.2. The predicted octanol–water partition coefficient (Wildman–Crippen LogP) is 4.83. The van der Waals surface area contributed by atoms with E-state index in [0.717, 1.165) is 6.07 Å². The average Bonchev–Trinajstić information content (AvgIpc) is 3.60. The number of alkyl halides is 3. The number of hydrogen-bond donors (Lipinski definition) is 2. The molecule has 13 heteroatoms. The van der Waals surface area contributed by atoms with Crippen LogP contribution in [0.3, 0.4) is 0 Å². The summed E-state index contributed by atoms with van der Waals surface area (Å²) in [6, 6.07) is 5.39. The van der Waals surface area contributed by atoms with E-state index in [1.54, 1.807) is 6.92 Å². The second-order valence-electron chi connectivity index (χ2n) is 8.00. The molecule has 0 aliphatic heterocycles. The van der Waals surface area contributed by atoms with Crippen LogP contribution in [0.25, 0.3) is 0 Å². The molecular weight excluding hydrogens is 503 g/mol. The molecule has 2 heterocycles. The Hall–Kier alpha value is -3.93. The molecule has 1 aliphatic rings. The summed E-state index contributed by atoms with van der Waals surface area (Å²) in [6.07, 6.45) is 0.469. The molecular formula is C23H19ClF3N5O4. The fourth-order valence-electron chi connectivity index (χ4n) is 3.33. The zero-order valence-electron chi connectivity index (χ0n) is 18.7. The van der Waals surface area contributed by atoms with Crippen LogP contribution in [0.15, 0.2) is 55.2 Å². The Morgan fingerprint density at radius 3 is 2.44 bits per heavy atom. The van der Waals surface area contributed by atoms with Gasteiger partial charge >= 0.3 is 12.3 Å². The van der Waals surface area contributed by atoms with E-state index in [1.165, 1.54) is 49.2 Å². The Kier molecular flexibility index (Phi) is 6.97. The molecule has 2 amide bonds. The number of carbonyl (C=O) groups is 2. The van der Waals surface area contributed by atoms with E-state index in [2.05, 4.69) is 25.6 Å². The van der Waals surface area contributed by atoms with Crippen molar-refractivity contribution < 1.29 is 32.2 Å². The quantitative estimate of drug-likeness (QED) is 0.457. The third-order valence-corrected chi connectivity index (χ3v) is 5.60. The van der Waals surface area contributed by atoms with Gasteiger partial charge in [-0.3, -0.25) is 9.78 Å². The van der Waals surface area contributed by atoms with Crippen LogP contribution in [0.2, 0.25) is 5.02 Å². The van der Waals surface area contributed by atoms with Crippen LogP contribution in [0.5, 0.6) is 17.2 Å². The van der Waals surface area contributed by atoms with E-state index in [0.29, 0.717) is 12.8 Å². The van der Waals surface area contributed by atoms with Gasteiger partial charge in [0.25, 0.3) is 0 Å². The highest BCUT2D eigenvalue weighted by atomic mass is 35.5. The number of hydrogen-bond acceptors (Lipinski definition) is 7. The molecule has 4 rings (SSSR count). The van der Waals surface area contributed by atoms with Crippen molar-refractivity contribution in [1.82, 2.24) is 25.6 Å². The number of pyridine rings is 1. The molecule has 1 unspecified atom stereocenters. The van der Waals surface area contributed by atoms with Gasteiger partial charge in [-0.15, -0.1) is 0 Å². The number of nitrogens with one attached hydrogen (secondary N) is 2. The molecule has 1 fully saturated rings. The van der Waals surface area contributed by atoms with Crippen molar-refractivity contribution in [2.24, 2.45) is 0 Å². The molecule has 2 aromatic heterocycles. The predicted molar refractivity (Wildman–Crippen MR) is 120 cm³/mol. The fraction of sp³-hybridized carbons (Fsp3) is 0.261. The Balaban J connectivity index is 1.39. The zero-order chi connectivity index (χ0) is 25.9. The van der Waals surface area contributed by atoms with Crippen LogP contribution < -0.4 is 20.1 Å². The van der Waals surface area contributed by atoms with Crippen molar-refractivity contribution in [1.29, 1.82) is 0 Å². The van der Waals surface area contributed by atoms with Gasteiger partial charge in [0.05, 0.1) is 40.9 Å². The van der Waals surface area contributed by atoms with Crippen LogP contribution in [-0.4, -0.2) is 32.5 Å². The second-order valence-corrected chi connectivity index (χ2v) is 8.41. The largest absolute Gasteiger partial charge is 0.455 e. The lowest BCUT2D eigenvalue weighted by Gasteiger charge is -2.21. The monoisotopic (exact) mass is 521 g/mol. The Bertz CT molecular complexity index is 1270. The van der Waals surface area contributed by atoms with Gasteiger partial charge in [0.15, 0.2) is 5.75 Å². The molecule has 188 valence electrons. The van der Waals surface area contributed by atoms with Gasteiger partial charge in [0.1, 0.15) is 23.4 Å². The van der Waals surface area contributed by atoms with Crippen molar-refractivity contribution in [3.05, 3.63) is 71.5 Å². The van der Waals surface area contributed by atoms with Gasteiger partial charge in [-0.25, -0.2) is 14.8 Å². The minimum atomic E-state index is -4.60. The first-order chi connectivity index (χ1) is 17.1. The summed E-state index contributed by atoms with van der Waals surface area (Å²) in [4.78, 5) is 36.6. The maximum absolute atomic E-state index is 13.2. The molecule has 3 aromatic rings. The Morgan fingerprint density at radius 1 is 1.11 bits per heavy atom. The number of para-hydroxylation sites is 1. The van der Waals surface area contributed by atoms with Crippen LogP contribution in [0.4, 0.5) is 18.0 Å². The molecule has 1 atom stereocenters. The highest BCUT2D eigenvalue weighted by Gasteiger charge is 2.52. The fourth-order valence-corrected chi connectivity index (χ4v) is 3.65. The van der Waals surface area contributed by atoms with Crippen molar-refractivity contribution >= 4 is 23.6 Å². The van der Waals surface area contributed by atoms with E-state index in [1.807, 2.05) is 0 Å². The molecule has 9 nitrogen and oxygen atoms in total. The lowest BCUT2D eigenvalue weighted by atomic mass is 10.1. The second kappa shape index (κ2) is 9.97. The van der Waals surface area contributed by atoms with Gasteiger partial charge < -0.3 is 20.1 Å². The molecule has 1 aliphatic carbocycles. The summed E-state index contributed by atoms with van der Waals surface area (Å²) in [5.74, 6) is -0.746. The third kappa shape index (κ3) is 5.82. The number of carbonyl (C=O) groups excluding carboxylic acids is 2. The number of ether oxygens (including phenoxy) is 2. The molecule has 36 heavy (non-hydrogen) atoms. The minimum absolute atomic E-state index is 0.00746. The van der Waals surface area contributed by atoms with E-state index < -0.39 is 41.1 Å². The van der Waals surface area contributed by atoms with E-state index in [4.69, 9.17) is 21.1 Å². The lowest BCUT2D eigenvalue weighted by molar-refractivity contribution is -0.138. The minimum Gasteiger partial charge on any atom is -0.455 e. The van der Waals surface area contributed by atoms with E-state index in [-0.39, 0.29) is 22.2 Å². The normalized spacial score (nSPS) is 14.9. The van der Waals surface area contributed by atoms with Crippen molar-refractivity contribution in [2.75, 3.05) is 0 Å². The zero-order valence-corrected chi connectivity index (χ0v) is 19.4. The average molecular weight is 522 g/mol. The number of benzene rings is 1. The first-order valence-corrected chi connectivity index (χ1v) is 11.0. The summed E-state index contributed by atoms with van der Waals surface area (Å²) in [6.45, 7) is 1.63. The molecule has 1 saturated carbocycles. The molecule has 0 saturated heterocycles. The topological polar surface area (TPSA) is 115 Å². The lowest BCUT2D eigenvalue weighted by Crippen LogP contribution is -2.50. The first-order valence-electron chi connectivity index (χ1n) is 10.6. The van der Waals surface area contributed by atoms with Gasteiger partial charge in [-0.2, -0.15) is 13.2 Å². The summed E-state index contributed by atoms with van der Waals surface area (Å²) < 4.78 is 50.1. The molecule has 2 N–H and O–H groups in total. The number of halogens is 4. The summed E-state index contributed by atoms with van der Waals surface area (Å²) in [5, 5.41) is 5.36. The molecule has 0 spiro atoms. The maximum Gasteiger partial charge on any atom is 0.419 e. The standard InChI is InChI=1S/C23H19ClF3N5O4/c1-13(31-20(33)22(6-7-22)32-21(34)36-15-9-28-12-29-10-15)19-17(24)8-14(11-30-19)35-18-5-3-2-4-16(18)23(25,26)27/h2-5,8-13H,6-7H2,1H3,(H,31,33)(H,32,34). The number of rotatable bonds is 7. The van der Waals surface area contributed by atoms with E-state index >= 15 is 0 Å². The van der Waals surface area contributed by atoms with Crippen LogP contribution in [0, 0.1) is 0 Å². The molecule has 0 bridgehead atoms. The third-order valence-electron chi connectivity index (χ3n) is 5.30. The van der Waals surface area contributed by atoms with Gasteiger partial charge in [-0.1, -0.05) is 23.7 Å². The van der Waals surface area contributed by atoms with Gasteiger partial charge in [-0.05, 0) is 31.9 Å². The highest BCUT2D eigenvalue weighted by Crippen LogP contribution is 2.39. The molecule has 1 aromatic carbocycles. The summed E-state index contributed by atoms with van der Waals surface area (Å²) in [7, 11) is 0. The van der Waals surface area contributed by atoms with E-state index in [9.17, 15) is 22.8 Å². The van der Waals surface area contributed by atoms with Gasteiger partial charge in [0, 0.05) is 6.07 Å². The number of nitrogens with zero attached hydrogens (tertiary/aromatic N) is 3. The van der Waals surface area contributed by atoms with Crippen molar-refractivity contribution in [3.63, 3.8) is 0 Å². The van der Waals surface area contributed by atoms with Crippen molar-refractivity contribution in [2.45, 2.75) is 37.5 Å². The number of aromatic nitrogens is 3. The number of amides is 2. The smallest absolute Gasteiger partial charge is 0.419 e. The first kappa shape index (κ1) is 25.2. The van der Waals surface area contributed by atoms with Crippen LogP contribution in [-0.2, 0) is 11.0 Å². The summed E-state index contributed by atoms with van der Waals surface area (Å²) in [5.41, 5.74) is -1.81. The van der Waals surface area contributed by atoms with Crippen LogP contribution in [0.1, 0.15) is 37.1 Å². The Morgan fingerprint density at radius 2 is 1.81 bits per heavy atom. The van der Waals surface area contributed by atoms with Crippen LogP contribution >= 0.6 is 11.6 Å². The SMILES string of the molecule is CC(NC(=O)C1(NC(=O)Oc2cncnc2)CC1)c1ncc(Oc2ccccc2C(F)(F)F)cc1Cl. The van der Waals surface area contributed by atoms with Crippen molar-refractivity contribution in [3.8, 4) is 17.2 Å². The Labute approximate surface area is 208 Å². The highest BCUT2D eigenvalue weighted by molar-refractivity contribution is 6.31.